The average Bonchev–Trinajstić information content (AvgIpc) is 2.59. The number of anilines is 1. The minimum Gasteiger partial charge on any atom is -0.386 e. The molecule has 1 N–H and O–H groups in total. The molecule has 0 saturated carbocycles. The molecule has 0 aliphatic heterocycles. The van der Waals surface area contributed by atoms with Gasteiger partial charge in [-0.2, -0.15) is 0 Å². The van der Waals surface area contributed by atoms with Crippen LogP contribution in [0.4, 0.5) is 11.4 Å². The van der Waals surface area contributed by atoms with Gasteiger partial charge in [0.2, 0.25) is 0 Å². The first-order valence-corrected chi connectivity index (χ1v) is 4.29. The Morgan fingerprint density at radius 2 is 2.27 bits per heavy atom. The molecular formula is C8H9N5O2. The summed E-state index contributed by atoms with van der Waals surface area (Å²) in [5, 5.41) is 21.3. The number of aromatic nitrogens is 3. The molecule has 15 heavy (non-hydrogen) atoms. The maximum Gasteiger partial charge on any atom is 0.273 e. The van der Waals surface area contributed by atoms with Crippen molar-refractivity contribution < 1.29 is 4.92 Å². The Kier molecular flexibility index (Phi) is 2.00. The van der Waals surface area contributed by atoms with Crippen LogP contribution in [0.25, 0.3) is 11.0 Å². The molecule has 0 amide bonds. The SMILES string of the molecule is CNc1cc([N+](=O)[O-])cc2c1nnn2C. The lowest BCUT2D eigenvalue weighted by Gasteiger charge is -2.00. The first kappa shape index (κ1) is 9.38. The van der Waals surface area contributed by atoms with Gasteiger partial charge in [-0.1, -0.05) is 5.21 Å². The van der Waals surface area contributed by atoms with Gasteiger partial charge in [0.25, 0.3) is 5.69 Å². The Bertz CT molecular complexity index is 533. The number of rotatable bonds is 2. The lowest BCUT2D eigenvalue weighted by atomic mass is 10.2. The number of nitrogens with zero attached hydrogens (tertiary/aromatic N) is 4. The Hall–Kier alpha value is -2.18. The van der Waals surface area contributed by atoms with E-state index in [0.29, 0.717) is 16.7 Å². The molecule has 2 aromatic rings. The second-order valence-electron chi connectivity index (χ2n) is 3.08. The zero-order valence-electron chi connectivity index (χ0n) is 8.26. The summed E-state index contributed by atoms with van der Waals surface area (Å²) >= 11 is 0. The van der Waals surface area contributed by atoms with Crippen molar-refractivity contribution >= 4 is 22.4 Å². The molecule has 0 fully saturated rings. The van der Waals surface area contributed by atoms with E-state index in [4.69, 9.17) is 0 Å². The van der Waals surface area contributed by atoms with Crippen molar-refractivity contribution in [3.63, 3.8) is 0 Å². The van der Waals surface area contributed by atoms with Crippen molar-refractivity contribution in [2.24, 2.45) is 7.05 Å². The second-order valence-corrected chi connectivity index (χ2v) is 3.08. The van der Waals surface area contributed by atoms with Crippen LogP contribution in [-0.4, -0.2) is 27.0 Å². The molecular weight excluding hydrogens is 198 g/mol. The molecule has 0 unspecified atom stereocenters. The molecule has 78 valence electrons. The van der Waals surface area contributed by atoms with Crippen molar-refractivity contribution in [3.05, 3.63) is 22.2 Å². The fourth-order valence-corrected chi connectivity index (χ4v) is 1.41. The molecule has 0 bridgehead atoms. The van der Waals surface area contributed by atoms with Gasteiger partial charge in [0.1, 0.15) is 5.52 Å². The van der Waals surface area contributed by atoms with E-state index in [1.165, 1.54) is 16.8 Å². The Morgan fingerprint density at radius 1 is 1.53 bits per heavy atom. The van der Waals surface area contributed by atoms with Crippen LogP contribution in [0.3, 0.4) is 0 Å². The molecule has 0 atom stereocenters. The smallest absolute Gasteiger partial charge is 0.273 e. The zero-order chi connectivity index (χ0) is 11.0. The van der Waals surface area contributed by atoms with Gasteiger partial charge in [0, 0.05) is 26.2 Å². The standard InChI is InChI=1S/C8H9N5O2/c1-9-6-3-5(13(14)15)4-7-8(6)10-11-12(7)2/h3-4,9H,1-2H3. The van der Waals surface area contributed by atoms with Crippen molar-refractivity contribution in [3.8, 4) is 0 Å². The minimum atomic E-state index is -0.437. The molecule has 7 nitrogen and oxygen atoms in total. The van der Waals surface area contributed by atoms with Gasteiger partial charge >= 0.3 is 0 Å². The van der Waals surface area contributed by atoms with E-state index in [1.807, 2.05) is 0 Å². The molecule has 2 rings (SSSR count). The van der Waals surface area contributed by atoms with Gasteiger partial charge < -0.3 is 5.32 Å². The van der Waals surface area contributed by atoms with E-state index in [-0.39, 0.29) is 5.69 Å². The van der Waals surface area contributed by atoms with Crippen molar-refractivity contribution in [2.75, 3.05) is 12.4 Å². The number of fused-ring (bicyclic) bond motifs is 1. The molecule has 1 aromatic heterocycles. The summed E-state index contributed by atoms with van der Waals surface area (Å²) < 4.78 is 1.50. The quantitative estimate of drug-likeness (QED) is 0.584. The van der Waals surface area contributed by atoms with Crippen molar-refractivity contribution in [2.45, 2.75) is 0 Å². The molecule has 0 saturated heterocycles. The monoisotopic (exact) mass is 207 g/mol. The molecule has 0 aliphatic rings. The van der Waals surface area contributed by atoms with E-state index < -0.39 is 4.92 Å². The summed E-state index contributed by atoms with van der Waals surface area (Å²) in [6, 6.07) is 2.90. The topological polar surface area (TPSA) is 85.9 Å². The number of nitrogens with one attached hydrogen (secondary N) is 1. The number of aryl methyl sites for hydroxylation is 1. The minimum absolute atomic E-state index is 0.0252. The van der Waals surface area contributed by atoms with Crippen LogP contribution in [0.15, 0.2) is 12.1 Å². The fourth-order valence-electron chi connectivity index (χ4n) is 1.41. The van der Waals surface area contributed by atoms with Gasteiger partial charge in [0.15, 0.2) is 0 Å². The largest absolute Gasteiger partial charge is 0.386 e. The summed E-state index contributed by atoms with van der Waals surface area (Å²) in [4.78, 5) is 10.2. The van der Waals surface area contributed by atoms with Gasteiger partial charge in [-0.15, -0.1) is 5.10 Å². The van der Waals surface area contributed by atoms with Crippen LogP contribution in [0.1, 0.15) is 0 Å². The number of benzene rings is 1. The highest BCUT2D eigenvalue weighted by Crippen LogP contribution is 2.26. The third-order valence-corrected chi connectivity index (χ3v) is 2.18. The van der Waals surface area contributed by atoms with E-state index in [2.05, 4.69) is 15.6 Å². The number of nitro benzene ring substituents is 1. The van der Waals surface area contributed by atoms with E-state index in [1.54, 1.807) is 14.1 Å². The average molecular weight is 207 g/mol. The van der Waals surface area contributed by atoms with Crippen molar-refractivity contribution in [1.29, 1.82) is 0 Å². The summed E-state index contributed by atoms with van der Waals surface area (Å²) in [6.07, 6.45) is 0. The van der Waals surface area contributed by atoms with Gasteiger partial charge in [-0.25, -0.2) is 4.68 Å². The molecule has 7 heteroatoms. The van der Waals surface area contributed by atoms with Gasteiger partial charge in [-0.3, -0.25) is 10.1 Å². The van der Waals surface area contributed by atoms with Crippen LogP contribution >= 0.6 is 0 Å². The number of hydrogen-bond acceptors (Lipinski definition) is 5. The lowest BCUT2D eigenvalue weighted by molar-refractivity contribution is -0.384. The van der Waals surface area contributed by atoms with Crippen LogP contribution in [0.5, 0.6) is 0 Å². The fraction of sp³-hybridized carbons (Fsp3) is 0.250. The maximum atomic E-state index is 10.7. The molecule has 1 aromatic carbocycles. The molecule has 1 heterocycles. The third-order valence-electron chi connectivity index (χ3n) is 2.18. The van der Waals surface area contributed by atoms with E-state index in [0.717, 1.165) is 0 Å². The summed E-state index contributed by atoms with van der Waals surface area (Å²) in [7, 11) is 3.38. The van der Waals surface area contributed by atoms with Gasteiger partial charge in [0.05, 0.1) is 16.1 Å². The van der Waals surface area contributed by atoms with Crippen molar-refractivity contribution in [1.82, 2.24) is 15.0 Å². The third kappa shape index (κ3) is 1.37. The highest BCUT2D eigenvalue weighted by atomic mass is 16.6. The summed E-state index contributed by atoms with van der Waals surface area (Å²) in [5.41, 5.74) is 1.89. The Morgan fingerprint density at radius 3 is 2.87 bits per heavy atom. The Labute approximate surface area is 84.8 Å². The van der Waals surface area contributed by atoms with Crippen LogP contribution < -0.4 is 5.32 Å². The summed E-state index contributed by atoms with van der Waals surface area (Å²) in [5.74, 6) is 0. The number of non-ortho nitro benzene ring substituents is 1. The van der Waals surface area contributed by atoms with E-state index >= 15 is 0 Å². The predicted molar refractivity (Wildman–Crippen MR) is 54.7 cm³/mol. The second kappa shape index (κ2) is 3.19. The number of nitro groups is 1. The first-order chi connectivity index (χ1) is 7.13. The highest BCUT2D eigenvalue weighted by Gasteiger charge is 2.14. The summed E-state index contributed by atoms with van der Waals surface area (Å²) in [6.45, 7) is 0. The zero-order valence-corrected chi connectivity index (χ0v) is 8.26. The highest BCUT2D eigenvalue weighted by molar-refractivity contribution is 5.90. The lowest BCUT2D eigenvalue weighted by Crippen LogP contribution is -1.95. The van der Waals surface area contributed by atoms with Crippen LogP contribution in [-0.2, 0) is 7.05 Å². The van der Waals surface area contributed by atoms with E-state index in [9.17, 15) is 10.1 Å². The van der Waals surface area contributed by atoms with Gasteiger partial charge in [-0.05, 0) is 0 Å². The first-order valence-electron chi connectivity index (χ1n) is 4.29. The molecule has 0 radical (unpaired) electrons. The molecule has 0 aliphatic carbocycles. The predicted octanol–water partition coefficient (Wildman–Crippen LogP) is 0.918. The maximum absolute atomic E-state index is 10.7. The number of hydrogen-bond donors (Lipinski definition) is 1. The normalized spacial score (nSPS) is 10.5. The van der Waals surface area contributed by atoms with Crippen LogP contribution in [0, 0.1) is 10.1 Å². The Balaban J connectivity index is 2.79. The molecule has 0 spiro atoms. The van der Waals surface area contributed by atoms with Crippen LogP contribution in [0.2, 0.25) is 0 Å².